The van der Waals surface area contributed by atoms with Gasteiger partial charge in [-0.3, -0.25) is 0 Å². The standard InChI is InChI=1S/C25H26N2O4S/c1-29-21-12-13-22(23(16-21)30-2)26-25(28)27-14-15-32-24(27)19-8-10-20(11-9-19)31-17-18-6-4-3-5-7-18/h3-13,16,24H,14-15,17H2,1-2H3,(H,26,28). The Morgan fingerprint density at radius 3 is 2.47 bits per heavy atom. The quantitative estimate of drug-likeness (QED) is 0.511. The zero-order valence-corrected chi connectivity index (χ0v) is 18.9. The van der Waals surface area contributed by atoms with Gasteiger partial charge in [0.15, 0.2) is 0 Å². The molecule has 1 unspecified atom stereocenters. The van der Waals surface area contributed by atoms with E-state index in [1.54, 1.807) is 44.2 Å². The van der Waals surface area contributed by atoms with E-state index in [1.807, 2.05) is 59.5 Å². The van der Waals surface area contributed by atoms with E-state index in [2.05, 4.69) is 5.32 Å². The number of nitrogens with zero attached hydrogens (tertiary/aromatic N) is 1. The number of benzene rings is 3. The third-order valence-corrected chi connectivity index (χ3v) is 6.48. The first-order chi connectivity index (χ1) is 15.7. The number of methoxy groups -OCH3 is 2. The summed E-state index contributed by atoms with van der Waals surface area (Å²) < 4.78 is 16.5. The van der Waals surface area contributed by atoms with E-state index in [4.69, 9.17) is 14.2 Å². The van der Waals surface area contributed by atoms with Gasteiger partial charge in [0.2, 0.25) is 0 Å². The van der Waals surface area contributed by atoms with Crippen LogP contribution >= 0.6 is 11.8 Å². The van der Waals surface area contributed by atoms with Gasteiger partial charge in [0, 0.05) is 18.4 Å². The highest BCUT2D eigenvalue weighted by atomic mass is 32.2. The fraction of sp³-hybridized carbons (Fsp3) is 0.240. The number of anilines is 1. The summed E-state index contributed by atoms with van der Waals surface area (Å²) in [5.74, 6) is 2.91. The van der Waals surface area contributed by atoms with E-state index in [0.717, 1.165) is 22.6 Å². The summed E-state index contributed by atoms with van der Waals surface area (Å²) in [5, 5.41) is 2.92. The number of nitrogens with one attached hydrogen (secondary N) is 1. The van der Waals surface area contributed by atoms with Crippen LogP contribution in [0.4, 0.5) is 10.5 Å². The van der Waals surface area contributed by atoms with Crippen molar-refractivity contribution in [1.82, 2.24) is 4.90 Å². The van der Waals surface area contributed by atoms with Gasteiger partial charge >= 0.3 is 6.03 Å². The molecule has 0 bridgehead atoms. The van der Waals surface area contributed by atoms with Crippen molar-refractivity contribution in [2.24, 2.45) is 0 Å². The maximum absolute atomic E-state index is 13.0. The molecule has 3 aromatic carbocycles. The molecule has 1 fully saturated rings. The van der Waals surface area contributed by atoms with Crippen molar-refractivity contribution in [3.05, 3.63) is 83.9 Å². The van der Waals surface area contributed by atoms with Crippen LogP contribution in [0.5, 0.6) is 17.2 Å². The monoisotopic (exact) mass is 450 g/mol. The molecular formula is C25H26N2O4S. The van der Waals surface area contributed by atoms with Gasteiger partial charge in [-0.05, 0) is 35.4 Å². The van der Waals surface area contributed by atoms with E-state index in [0.29, 0.717) is 30.3 Å². The van der Waals surface area contributed by atoms with Crippen LogP contribution in [0.25, 0.3) is 0 Å². The van der Waals surface area contributed by atoms with Crippen molar-refractivity contribution in [2.45, 2.75) is 12.0 Å². The lowest BCUT2D eigenvalue weighted by molar-refractivity contribution is 0.214. The average Bonchev–Trinajstić information content (AvgIpc) is 3.34. The normalized spacial score (nSPS) is 15.3. The molecule has 6 nitrogen and oxygen atoms in total. The van der Waals surface area contributed by atoms with Gasteiger partial charge in [-0.15, -0.1) is 11.8 Å². The lowest BCUT2D eigenvalue weighted by Crippen LogP contribution is -2.34. The van der Waals surface area contributed by atoms with E-state index >= 15 is 0 Å². The molecule has 0 radical (unpaired) electrons. The fourth-order valence-corrected chi connectivity index (χ4v) is 4.77. The summed E-state index contributed by atoms with van der Waals surface area (Å²) in [7, 11) is 3.16. The third kappa shape index (κ3) is 5.11. The summed E-state index contributed by atoms with van der Waals surface area (Å²) in [5.41, 5.74) is 2.80. The van der Waals surface area contributed by atoms with Crippen LogP contribution in [-0.4, -0.2) is 37.4 Å². The predicted octanol–water partition coefficient (Wildman–Crippen LogP) is 5.56. The molecule has 1 atom stereocenters. The first kappa shape index (κ1) is 21.9. The Labute approximate surface area is 192 Å². The van der Waals surface area contributed by atoms with Gasteiger partial charge < -0.3 is 24.4 Å². The van der Waals surface area contributed by atoms with Gasteiger partial charge in [0.05, 0.1) is 19.9 Å². The average molecular weight is 451 g/mol. The van der Waals surface area contributed by atoms with Gasteiger partial charge in [-0.25, -0.2) is 4.79 Å². The molecule has 0 spiro atoms. The molecule has 0 aromatic heterocycles. The Morgan fingerprint density at radius 1 is 1.00 bits per heavy atom. The number of ether oxygens (including phenoxy) is 3. The molecular weight excluding hydrogens is 424 g/mol. The molecule has 3 aromatic rings. The lowest BCUT2D eigenvalue weighted by atomic mass is 10.2. The number of thioether (sulfide) groups is 1. The minimum Gasteiger partial charge on any atom is -0.497 e. The molecule has 7 heteroatoms. The van der Waals surface area contributed by atoms with Crippen LogP contribution in [0.1, 0.15) is 16.5 Å². The smallest absolute Gasteiger partial charge is 0.323 e. The Hall–Kier alpha value is -3.32. The molecule has 1 aliphatic rings. The van der Waals surface area contributed by atoms with Crippen molar-refractivity contribution in [1.29, 1.82) is 0 Å². The van der Waals surface area contributed by atoms with Crippen molar-refractivity contribution < 1.29 is 19.0 Å². The van der Waals surface area contributed by atoms with Gasteiger partial charge in [-0.1, -0.05) is 42.5 Å². The molecule has 166 valence electrons. The minimum absolute atomic E-state index is 0.0533. The molecule has 32 heavy (non-hydrogen) atoms. The molecule has 1 heterocycles. The maximum atomic E-state index is 13.0. The van der Waals surface area contributed by atoms with Gasteiger partial charge in [0.1, 0.15) is 29.2 Å². The first-order valence-corrected chi connectivity index (χ1v) is 11.4. The highest BCUT2D eigenvalue weighted by Crippen LogP contribution is 2.39. The maximum Gasteiger partial charge on any atom is 0.323 e. The Balaban J connectivity index is 1.41. The Bertz CT molecular complexity index is 1040. The number of hydrogen-bond donors (Lipinski definition) is 1. The number of carbonyl (C=O) groups excluding carboxylic acids is 1. The summed E-state index contributed by atoms with van der Waals surface area (Å²) in [6, 6.07) is 23.2. The van der Waals surface area contributed by atoms with E-state index in [9.17, 15) is 4.79 Å². The molecule has 1 aliphatic heterocycles. The largest absolute Gasteiger partial charge is 0.497 e. The van der Waals surface area contributed by atoms with E-state index in [1.165, 1.54) is 0 Å². The van der Waals surface area contributed by atoms with Crippen molar-refractivity contribution in [3.63, 3.8) is 0 Å². The zero-order chi connectivity index (χ0) is 22.3. The summed E-state index contributed by atoms with van der Waals surface area (Å²) in [6.45, 7) is 1.20. The highest BCUT2D eigenvalue weighted by Gasteiger charge is 2.31. The van der Waals surface area contributed by atoms with Crippen molar-refractivity contribution in [3.8, 4) is 17.2 Å². The Morgan fingerprint density at radius 2 is 1.75 bits per heavy atom. The van der Waals surface area contributed by atoms with Crippen LogP contribution in [-0.2, 0) is 6.61 Å². The molecule has 1 N–H and O–H groups in total. The highest BCUT2D eigenvalue weighted by molar-refractivity contribution is 7.99. The van der Waals surface area contributed by atoms with Gasteiger partial charge in [0.25, 0.3) is 0 Å². The summed E-state index contributed by atoms with van der Waals surface area (Å²) in [4.78, 5) is 14.9. The van der Waals surface area contributed by atoms with E-state index < -0.39 is 0 Å². The minimum atomic E-state index is -0.159. The molecule has 2 amide bonds. The van der Waals surface area contributed by atoms with E-state index in [-0.39, 0.29) is 11.4 Å². The van der Waals surface area contributed by atoms with Crippen LogP contribution in [0.2, 0.25) is 0 Å². The van der Waals surface area contributed by atoms with Crippen LogP contribution in [0.15, 0.2) is 72.8 Å². The first-order valence-electron chi connectivity index (χ1n) is 10.4. The number of amides is 2. The molecule has 0 saturated carbocycles. The lowest BCUT2D eigenvalue weighted by Gasteiger charge is -2.25. The Kier molecular flexibility index (Phi) is 7.07. The second-order valence-corrected chi connectivity index (χ2v) is 8.44. The number of carbonyl (C=O) groups is 1. The van der Waals surface area contributed by atoms with Crippen LogP contribution in [0.3, 0.4) is 0 Å². The topological polar surface area (TPSA) is 60.0 Å². The molecule has 4 rings (SSSR count). The second-order valence-electron chi connectivity index (χ2n) is 7.26. The predicted molar refractivity (Wildman–Crippen MR) is 128 cm³/mol. The fourth-order valence-electron chi connectivity index (χ4n) is 3.51. The number of hydrogen-bond acceptors (Lipinski definition) is 5. The SMILES string of the molecule is COc1ccc(NC(=O)N2CCSC2c2ccc(OCc3ccccc3)cc2)c(OC)c1. The number of urea groups is 1. The van der Waals surface area contributed by atoms with Crippen molar-refractivity contribution >= 4 is 23.5 Å². The third-order valence-electron chi connectivity index (χ3n) is 5.22. The van der Waals surface area contributed by atoms with Crippen LogP contribution < -0.4 is 19.5 Å². The number of rotatable bonds is 7. The second kappa shape index (κ2) is 10.3. The van der Waals surface area contributed by atoms with Crippen molar-refractivity contribution in [2.75, 3.05) is 31.8 Å². The summed E-state index contributed by atoms with van der Waals surface area (Å²) >= 11 is 1.75. The zero-order valence-electron chi connectivity index (χ0n) is 18.1. The molecule has 0 aliphatic carbocycles. The molecule has 1 saturated heterocycles. The van der Waals surface area contributed by atoms with Crippen LogP contribution in [0, 0.1) is 0 Å². The summed E-state index contributed by atoms with van der Waals surface area (Å²) in [6.07, 6.45) is 0. The van der Waals surface area contributed by atoms with Gasteiger partial charge in [-0.2, -0.15) is 0 Å².